The van der Waals surface area contributed by atoms with Crippen LogP contribution in [0.5, 0.6) is 0 Å². The minimum atomic E-state index is -0.107. The van der Waals surface area contributed by atoms with E-state index in [9.17, 15) is 4.79 Å². The Hall–Kier alpha value is -0.770. The number of amides is 2. The van der Waals surface area contributed by atoms with Gasteiger partial charge in [-0.25, -0.2) is 10.6 Å². The number of hydrogen-bond donors (Lipinski definition) is 2. The van der Waals surface area contributed by atoms with Gasteiger partial charge in [-0.3, -0.25) is 5.43 Å². The van der Waals surface area contributed by atoms with Crippen LogP contribution in [0.1, 0.15) is 25.7 Å². The normalized spacial score (nSPS) is 22.1. The molecule has 2 aliphatic carbocycles. The Morgan fingerprint density at radius 3 is 2.50 bits per heavy atom. The van der Waals surface area contributed by atoms with Crippen molar-refractivity contribution < 1.29 is 4.79 Å². The largest absolute Gasteiger partial charge is 0.331 e. The van der Waals surface area contributed by atoms with Gasteiger partial charge in [0.15, 0.2) is 0 Å². The molecule has 2 aliphatic rings. The van der Waals surface area contributed by atoms with Gasteiger partial charge in [-0.05, 0) is 31.6 Å². The van der Waals surface area contributed by atoms with Crippen molar-refractivity contribution >= 4 is 6.03 Å². The second kappa shape index (κ2) is 2.94. The molecule has 0 spiro atoms. The van der Waals surface area contributed by atoms with E-state index in [-0.39, 0.29) is 6.03 Å². The van der Waals surface area contributed by atoms with Gasteiger partial charge >= 0.3 is 6.03 Å². The molecule has 12 heavy (non-hydrogen) atoms. The monoisotopic (exact) mass is 169 g/mol. The summed E-state index contributed by atoms with van der Waals surface area (Å²) in [4.78, 5) is 13.1. The van der Waals surface area contributed by atoms with E-state index in [1.54, 1.807) is 0 Å². The number of nitrogens with one attached hydrogen (secondary N) is 1. The predicted octanol–water partition coefficient (Wildman–Crippen LogP) is 0.444. The van der Waals surface area contributed by atoms with Gasteiger partial charge in [0.2, 0.25) is 0 Å². The van der Waals surface area contributed by atoms with E-state index in [4.69, 9.17) is 5.84 Å². The average molecular weight is 169 g/mol. The smallest absolute Gasteiger partial charge is 0.320 e. The van der Waals surface area contributed by atoms with Crippen molar-refractivity contribution in [3.05, 3.63) is 0 Å². The van der Waals surface area contributed by atoms with Crippen LogP contribution >= 0.6 is 0 Å². The third kappa shape index (κ3) is 1.69. The number of nitrogens with zero attached hydrogens (tertiary/aromatic N) is 1. The Labute approximate surface area is 72.1 Å². The summed E-state index contributed by atoms with van der Waals surface area (Å²) in [7, 11) is 0. The van der Waals surface area contributed by atoms with Crippen LogP contribution in [0.2, 0.25) is 0 Å². The number of nitrogens with two attached hydrogens (primary N) is 1. The van der Waals surface area contributed by atoms with Crippen LogP contribution in [-0.4, -0.2) is 23.5 Å². The molecule has 68 valence electrons. The summed E-state index contributed by atoms with van der Waals surface area (Å²) in [5.74, 6) is 5.85. The molecular formula is C8H15N3O. The molecule has 0 aromatic heterocycles. The van der Waals surface area contributed by atoms with Crippen molar-refractivity contribution in [3.8, 4) is 0 Å². The van der Waals surface area contributed by atoms with E-state index in [2.05, 4.69) is 5.43 Å². The van der Waals surface area contributed by atoms with Crippen molar-refractivity contribution in [3.63, 3.8) is 0 Å². The first-order chi connectivity index (χ1) is 5.81. The summed E-state index contributed by atoms with van der Waals surface area (Å²) in [5.41, 5.74) is 2.21. The molecule has 0 aromatic rings. The summed E-state index contributed by atoms with van der Waals surface area (Å²) in [6.45, 7) is 0.910. The third-order valence-electron chi connectivity index (χ3n) is 2.52. The SMILES string of the molecule is NNC(=O)N(CC1CC1)C1CC1. The van der Waals surface area contributed by atoms with E-state index in [0.717, 1.165) is 25.3 Å². The molecule has 0 unspecified atom stereocenters. The number of urea groups is 1. The maximum absolute atomic E-state index is 11.2. The Morgan fingerprint density at radius 2 is 2.08 bits per heavy atom. The second-order valence-electron chi connectivity index (χ2n) is 3.78. The fraction of sp³-hybridized carbons (Fsp3) is 0.875. The molecular weight excluding hydrogens is 154 g/mol. The van der Waals surface area contributed by atoms with Crippen LogP contribution in [0.25, 0.3) is 0 Å². The van der Waals surface area contributed by atoms with Gasteiger partial charge in [0.25, 0.3) is 0 Å². The molecule has 0 aliphatic heterocycles. The molecule has 0 aromatic carbocycles. The van der Waals surface area contributed by atoms with Gasteiger partial charge in [-0.2, -0.15) is 0 Å². The first-order valence-corrected chi connectivity index (χ1v) is 4.58. The van der Waals surface area contributed by atoms with Gasteiger partial charge < -0.3 is 4.90 Å². The summed E-state index contributed by atoms with van der Waals surface area (Å²) in [6.07, 6.45) is 4.86. The number of hydrazine groups is 1. The molecule has 0 atom stereocenters. The van der Waals surface area contributed by atoms with Crippen molar-refractivity contribution in [1.82, 2.24) is 10.3 Å². The van der Waals surface area contributed by atoms with E-state index in [0.29, 0.717) is 6.04 Å². The highest BCUT2D eigenvalue weighted by Gasteiger charge is 2.36. The Balaban J connectivity index is 1.86. The zero-order chi connectivity index (χ0) is 8.55. The summed E-state index contributed by atoms with van der Waals surface area (Å²) >= 11 is 0. The first kappa shape index (κ1) is 7.86. The van der Waals surface area contributed by atoms with Crippen LogP contribution in [0, 0.1) is 5.92 Å². The van der Waals surface area contributed by atoms with Crippen LogP contribution in [-0.2, 0) is 0 Å². The Kier molecular flexibility index (Phi) is 1.92. The van der Waals surface area contributed by atoms with Crippen LogP contribution < -0.4 is 11.3 Å². The predicted molar refractivity (Wildman–Crippen MR) is 45.2 cm³/mol. The fourth-order valence-corrected chi connectivity index (χ4v) is 1.45. The molecule has 2 saturated carbocycles. The summed E-state index contributed by atoms with van der Waals surface area (Å²) in [5, 5.41) is 0. The highest BCUT2D eigenvalue weighted by atomic mass is 16.2. The minimum Gasteiger partial charge on any atom is -0.320 e. The van der Waals surface area contributed by atoms with E-state index in [1.807, 2.05) is 4.90 Å². The average Bonchev–Trinajstić information content (AvgIpc) is 2.88. The number of hydrogen-bond acceptors (Lipinski definition) is 2. The van der Waals surface area contributed by atoms with Crippen molar-refractivity contribution in [2.45, 2.75) is 31.7 Å². The number of carbonyl (C=O) groups is 1. The quantitative estimate of drug-likeness (QED) is 0.366. The van der Waals surface area contributed by atoms with Crippen LogP contribution in [0.3, 0.4) is 0 Å². The van der Waals surface area contributed by atoms with Crippen molar-refractivity contribution in [2.24, 2.45) is 11.8 Å². The maximum atomic E-state index is 11.2. The highest BCUT2D eigenvalue weighted by molar-refractivity contribution is 5.74. The molecule has 2 rings (SSSR count). The second-order valence-corrected chi connectivity index (χ2v) is 3.78. The van der Waals surface area contributed by atoms with Gasteiger partial charge in [-0.1, -0.05) is 0 Å². The number of rotatable bonds is 3. The van der Waals surface area contributed by atoms with Gasteiger partial charge in [0.1, 0.15) is 0 Å². The van der Waals surface area contributed by atoms with E-state index >= 15 is 0 Å². The lowest BCUT2D eigenvalue weighted by molar-refractivity contribution is 0.192. The van der Waals surface area contributed by atoms with E-state index < -0.39 is 0 Å². The van der Waals surface area contributed by atoms with Crippen molar-refractivity contribution in [1.29, 1.82) is 0 Å². The van der Waals surface area contributed by atoms with Crippen LogP contribution in [0.4, 0.5) is 4.79 Å². The topological polar surface area (TPSA) is 58.4 Å². The zero-order valence-corrected chi connectivity index (χ0v) is 7.12. The molecule has 3 N–H and O–H groups in total. The van der Waals surface area contributed by atoms with E-state index in [1.165, 1.54) is 12.8 Å². The highest BCUT2D eigenvalue weighted by Crippen LogP contribution is 2.34. The minimum absolute atomic E-state index is 0.107. The maximum Gasteiger partial charge on any atom is 0.331 e. The fourth-order valence-electron chi connectivity index (χ4n) is 1.45. The molecule has 0 radical (unpaired) electrons. The lowest BCUT2D eigenvalue weighted by atomic mass is 10.4. The van der Waals surface area contributed by atoms with Gasteiger partial charge in [-0.15, -0.1) is 0 Å². The molecule has 2 fully saturated rings. The lowest BCUT2D eigenvalue weighted by Crippen LogP contribution is -2.45. The van der Waals surface area contributed by atoms with Crippen molar-refractivity contribution in [2.75, 3.05) is 6.54 Å². The molecule has 4 nitrogen and oxygen atoms in total. The molecule has 0 heterocycles. The molecule has 4 heteroatoms. The third-order valence-corrected chi connectivity index (χ3v) is 2.52. The summed E-state index contributed by atoms with van der Waals surface area (Å²) in [6, 6.07) is 0.374. The number of carbonyl (C=O) groups excluding carboxylic acids is 1. The molecule has 0 saturated heterocycles. The molecule has 0 bridgehead atoms. The Bertz CT molecular complexity index is 187. The lowest BCUT2D eigenvalue weighted by Gasteiger charge is -2.20. The zero-order valence-electron chi connectivity index (χ0n) is 7.12. The van der Waals surface area contributed by atoms with Gasteiger partial charge in [0.05, 0.1) is 0 Å². The van der Waals surface area contributed by atoms with Crippen LogP contribution in [0.15, 0.2) is 0 Å². The molecule has 2 amide bonds. The summed E-state index contributed by atoms with van der Waals surface area (Å²) < 4.78 is 0. The standard InChI is InChI=1S/C8H15N3O/c9-10-8(12)11(7-3-4-7)5-6-1-2-6/h6-7H,1-5,9H2,(H,10,12). The Morgan fingerprint density at radius 1 is 1.42 bits per heavy atom. The van der Waals surface area contributed by atoms with Gasteiger partial charge in [0, 0.05) is 12.6 Å². The first-order valence-electron chi connectivity index (χ1n) is 4.58.